The molecule has 0 unspecified atom stereocenters. The topological polar surface area (TPSA) is 33.5 Å². The lowest BCUT2D eigenvalue weighted by Gasteiger charge is -2.20. The van der Waals surface area contributed by atoms with Crippen molar-refractivity contribution in [3.05, 3.63) is 30.2 Å². The average Bonchev–Trinajstić information content (AvgIpc) is 2.99. The molecule has 1 aromatic rings. The van der Waals surface area contributed by atoms with Gasteiger partial charge in [-0.05, 0) is 43.4 Å². The van der Waals surface area contributed by atoms with E-state index in [9.17, 15) is 4.79 Å². The summed E-state index contributed by atoms with van der Waals surface area (Å²) < 4.78 is 5.16. The first-order valence-corrected chi connectivity index (χ1v) is 6.30. The second-order valence-corrected chi connectivity index (χ2v) is 4.58. The fourth-order valence-electron chi connectivity index (χ4n) is 1.82. The summed E-state index contributed by atoms with van der Waals surface area (Å²) in [6.07, 6.45) is 8.50. The molecule has 0 bridgehead atoms. The van der Waals surface area contributed by atoms with Gasteiger partial charge in [-0.15, -0.1) is 0 Å². The number of hydrogen-bond acceptors (Lipinski definition) is 2. The normalized spacial score (nSPS) is 15.4. The van der Waals surface area contributed by atoms with E-state index in [-0.39, 0.29) is 5.91 Å². The zero-order chi connectivity index (χ0) is 12.1. The molecule has 1 fully saturated rings. The van der Waals surface area contributed by atoms with E-state index in [1.807, 2.05) is 17.0 Å². The molecule has 0 saturated heterocycles. The van der Waals surface area contributed by atoms with E-state index in [4.69, 9.17) is 4.42 Å². The Morgan fingerprint density at radius 3 is 3.00 bits per heavy atom. The van der Waals surface area contributed by atoms with Gasteiger partial charge in [0.2, 0.25) is 5.91 Å². The highest BCUT2D eigenvalue weighted by molar-refractivity contribution is 5.91. The molecule has 1 aliphatic carbocycles. The number of nitrogens with zero attached hydrogens (tertiary/aromatic N) is 1. The summed E-state index contributed by atoms with van der Waals surface area (Å²) in [4.78, 5) is 13.9. The molecular weight excluding hydrogens is 214 g/mol. The second kappa shape index (κ2) is 5.71. The number of amides is 1. The molecule has 92 valence electrons. The van der Waals surface area contributed by atoms with Gasteiger partial charge in [0.25, 0.3) is 0 Å². The van der Waals surface area contributed by atoms with Crippen molar-refractivity contribution in [1.29, 1.82) is 0 Å². The van der Waals surface area contributed by atoms with Crippen LogP contribution in [-0.4, -0.2) is 23.9 Å². The fourth-order valence-corrected chi connectivity index (χ4v) is 1.82. The van der Waals surface area contributed by atoms with Gasteiger partial charge in [0.1, 0.15) is 5.76 Å². The van der Waals surface area contributed by atoms with Crippen molar-refractivity contribution < 1.29 is 9.21 Å². The maximum atomic E-state index is 12.0. The van der Waals surface area contributed by atoms with Crippen molar-refractivity contribution in [3.8, 4) is 0 Å². The number of furan rings is 1. The number of carbonyl (C=O) groups excluding carboxylic acids is 1. The van der Waals surface area contributed by atoms with Gasteiger partial charge in [0.15, 0.2) is 0 Å². The fraction of sp³-hybridized carbons (Fsp3) is 0.500. The Balaban J connectivity index is 1.90. The van der Waals surface area contributed by atoms with E-state index in [2.05, 4.69) is 6.92 Å². The van der Waals surface area contributed by atoms with Gasteiger partial charge in [-0.3, -0.25) is 4.79 Å². The highest BCUT2D eigenvalue weighted by Crippen LogP contribution is 2.29. The van der Waals surface area contributed by atoms with Gasteiger partial charge >= 0.3 is 0 Å². The molecule has 0 aliphatic heterocycles. The molecule has 0 spiro atoms. The average molecular weight is 233 g/mol. The maximum absolute atomic E-state index is 12.0. The lowest BCUT2D eigenvalue weighted by Crippen LogP contribution is -2.32. The van der Waals surface area contributed by atoms with Gasteiger partial charge in [0, 0.05) is 19.2 Å². The van der Waals surface area contributed by atoms with Crippen molar-refractivity contribution in [2.24, 2.45) is 5.92 Å². The van der Waals surface area contributed by atoms with Crippen LogP contribution >= 0.6 is 0 Å². The zero-order valence-corrected chi connectivity index (χ0v) is 10.3. The Kier molecular flexibility index (Phi) is 4.02. The molecule has 1 amide bonds. The van der Waals surface area contributed by atoms with E-state index in [1.54, 1.807) is 18.4 Å². The number of rotatable bonds is 6. The summed E-state index contributed by atoms with van der Waals surface area (Å²) in [7, 11) is 0. The van der Waals surface area contributed by atoms with Crippen LogP contribution in [0.25, 0.3) is 6.08 Å². The lowest BCUT2D eigenvalue weighted by atomic mass is 10.3. The zero-order valence-electron chi connectivity index (χ0n) is 10.3. The van der Waals surface area contributed by atoms with Crippen LogP contribution < -0.4 is 0 Å². The highest BCUT2D eigenvalue weighted by atomic mass is 16.3. The molecule has 0 aromatic carbocycles. The van der Waals surface area contributed by atoms with Crippen LogP contribution in [0.4, 0.5) is 0 Å². The summed E-state index contributed by atoms with van der Waals surface area (Å²) in [5.74, 6) is 1.55. The van der Waals surface area contributed by atoms with Crippen molar-refractivity contribution in [1.82, 2.24) is 4.90 Å². The van der Waals surface area contributed by atoms with Gasteiger partial charge < -0.3 is 9.32 Å². The largest absolute Gasteiger partial charge is 0.465 e. The minimum atomic E-state index is 0.0927. The molecule has 0 N–H and O–H groups in total. The molecule has 2 rings (SSSR count). The van der Waals surface area contributed by atoms with Gasteiger partial charge in [-0.2, -0.15) is 0 Å². The van der Waals surface area contributed by atoms with E-state index < -0.39 is 0 Å². The molecule has 17 heavy (non-hydrogen) atoms. The molecule has 0 atom stereocenters. The van der Waals surface area contributed by atoms with E-state index in [0.717, 1.165) is 31.2 Å². The van der Waals surface area contributed by atoms with Crippen molar-refractivity contribution >= 4 is 12.0 Å². The summed E-state index contributed by atoms with van der Waals surface area (Å²) in [5.41, 5.74) is 0. The van der Waals surface area contributed by atoms with Gasteiger partial charge in [-0.1, -0.05) is 6.92 Å². The van der Waals surface area contributed by atoms with Crippen LogP contribution in [0.15, 0.2) is 28.9 Å². The lowest BCUT2D eigenvalue weighted by molar-refractivity contribution is -0.126. The summed E-state index contributed by atoms with van der Waals surface area (Å²) >= 11 is 0. The molecule has 1 saturated carbocycles. The third-order valence-electron chi connectivity index (χ3n) is 2.91. The van der Waals surface area contributed by atoms with Crippen LogP contribution in [0.3, 0.4) is 0 Å². The molecule has 0 radical (unpaired) electrons. The number of carbonyl (C=O) groups is 1. The Labute approximate surface area is 102 Å². The maximum Gasteiger partial charge on any atom is 0.246 e. The van der Waals surface area contributed by atoms with Crippen molar-refractivity contribution in [2.45, 2.75) is 26.2 Å². The molecule has 3 nitrogen and oxygen atoms in total. The summed E-state index contributed by atoms with van der Waals surface area (Å²) in [6.45, 7) is 3.86. The Morgan fingerprint density at radius 1 is 1.59 bits per heavy atom. The van der Waals surface area contributed by atoms with Crippen LogP contribution in [-0.2, 0) is 4.79 Å². The molecule has 1 aliphatic rings. The quantitative estimate of drug-likeness (QED) is 0.708. The third-order valence-corrected chi connectivity index (χ3v) is 2.91. The predicted molar refractivity (Wildman–Crippen MR) is 67.3 cm³/mol. The first-order valence-electron chi connectivity index (χ1n) is 6.30. The van der Waals surface area contributed by atoms with Crippen LogP contribution in [0.5, 0.6) is 0 Å². The first-order chi connectivity index (χ1) is 8.29. The Hall–Kier alpha value is -1.51. The van der Waals surface area contributed by atoms with Crippen molar-refractivity contribution in [3.63, 3.8) is 0 Å². The molecule has 1 aromatic heterocycles. The van der Waals surface area contributed by atoms with Gasteiger partial charge in [-0.25, -0.2) is 0 Å². The van der Waals surface area contributed by atoms with Crippen molar-refractivity contribution in [2.75, 3.05) is 13.1 Å². The second-order valence-electron chi connectivity index (χ2n) is 4.58. The summed E-state index contributed by atoms with van der Waals surface area (Å²) in [6, 6.07) is 3.66. The standard InChI is InChI=1S/C14H19NO2/c1-2-9-15(11-12-5-6-12)14(16)8-7-13-4-3-10-17-13/h3-4,7-8,10,12H,2,5-6,9,11H2,1H3/b8-7+. The van der Waals surface area contributed by atoms with E-state index >= 15 is 0 Å². The molecule has 3 heteroatoms. The van der Waals surface area contributed by atoms with Crippen LogP contribution in [0.2, 0.25) is 0 Å². The van der Waals surface area contributed by atoms with Crippen LogP contribution in [0.1, 0.15) is 31.9 Å². The molecular formula is C14H19NO2. The Morgan fingerprint density at radius 2 is 2.41 bits per heavy atom. The van der Waals surface area contributed by atoms with E-state index in [1.165, 1.54) is 12.8 Å². The monoisotopic (exact) mass is 233 g/mol. The molecule has 1 heterocycles. The van der Waals surface area contributed by atoms with Crippen LogP contribution in [0, 0.1) is 5.92 Å². The SMILES string of the molecule is CCCN(CC1CC1)C(=O)/C=C/c1ccco1. The minimum absolute atomic E-state index is 0.0927. The smallest absolute Gasteiger partial charge is 0.246 e. The Bertz CT molecular complexity index is 377. The summed E-state index contributed by atoms with van der Waals surface area (Å²) in [5, 5.41) is 0. The first kappa shape index (κ1) is 12.0. The third kappa shape index (κ3) is 3.77. The van der Waals surface area contributed by atoms with E-state index in [0.29, 0.717) is 0 Å². The number of hydrogen-bond donors (Lipinski definition) is 0. The van der Waals surface area contributed by atoms with Gasteiger partial charge in [0.05, 0.1) is 6.26 Å². The highest BCUT2D eigenvalue weighted by Gasteiger charge is 2.25. The minimum Gasteiger partial charge on any atom is -0.465 e. The predicted octanol–water partition coefficient (Wildman–Crippen LogP) is 2.94.